The van der Waals surface area contributed by atoms with Gasteiger partial charge >= 0.3 is 5.97 Å². The monoisotopic (exact) mass is 527 g/mol. The number of anilines is 1. The number of carbonyl (C=O) groups excluding carboxylic acids is 3. The van der Waals surface area contributed by atoms with Crippen molar-refractivity contribution in [1.82, 2.24) is 15.3 Å². The number of H-pyrrole nitrogens is 1. The highest BCUT2D eigenvalue weighted by atomic mass is 16.5. The van der Waals surface area contributed by atoms with Gasteiger partial charge < -0.3 is 26.1 Å². The zero-order valence-electron chi connectivity index (χ0n) is 21.9. The Hall–Kier alpha value is -4.50. The third kappa shape index (κ3) is 7.52. The van der Waals surface area contributed by atoms with Gasteiger partial charge in [0.15, 0.2) is 0 Å². The van der Waals surface area contributed by atoms with Crippen LogP contribution in [0.2, 0.25) is 0 Å². The summed E-state index contributed by atoms with van der Waals surface area (Å²) in [7, 11) is 0. The quantitative estimate of drug-likeness (QED) is 0.205. The summed E-state index contributed by atoms with van der Waals surface area (Å²) in [5.74, 6) is -1.21. The van der Waals surface area contributed by atoms with E-state index in [1.54, 1.807) is 0 Å². The molecule has 0 saturated carbocycles. The van der Waals surface area contributed by atoms with Gasteiger partial charge in [-0.1, -0.05) is 68.3 Å². The van der Waals surface area contributed by atoms with Crippen LogP contribution in [0.5, 0.6) is 0 Å². The van der Waals surface area contributed by atoms with Gasteiger partial charge in [-0.3, -0.25) is 9.59 Å². The van der Waals surface area contributed by atoms with Crippen molar-refractivity contribution in [2.45, 2.75) is 51.3 Å². The molecular formula is C30H33N5O4. The molecule has 2 atom stereocenters. The van der Waals surface area contributed by atoms with Crippen LogP contribution in [-0.4, -0.2) is 39.8 Å². The summed E-state index contributed by atoms with van der Waals surface area (Å²) in [6, 6.07) is 18.4. The zero-order valence-corrected chi connectivity index (χ0v) is 21.9. The number of ether oxygens (including phenoxy) is 1. The fourth-order valence-corrected chi connectivity index (χ4v) is 4.20. The van der Waals surface area contributed by atoms with Crippen LogP contribution in [-0.2, 0) is 27.4 Å². The topological polar surface area (TPSA) is 139 Å². The summed E-state index contributed by atoms with van der Waals surface area (Å²) >= 11 is 0. The van der Waals surface area contributed by atoms with Crippen molar-refractivity contribution in [1.29, 1.82) is 0 Å². The molecule has 0 aliphatic heterocycles. The number of esters is 1. The molecule has 0 aliphatic carbocycles. The van der Waals surface area contributed by atoms with Gasteiger partial charge in [-0.2, -0.15) is 0 Å². The Balaban J connectivity index is 1.49. The second kappa shape index (κ2) is 13.3. The number of benzene rings is 2. The van der Waals surface area contributed by atoms with Crippen LogP contribution >= 0.6 is 0 Å². The molecule has 0 unspecified atom stereocenters. The minimum Gasteiger partial charge on any atom is -0.459 e. The first kappa shape index (κ1) is 27.5. The lowest BCUT2D eigenvalue weighted by atomic mass is 10.0. The van der Waals surface area contributed by atoms with Gasteiger partial charge in [0.05, 0.1) is 6.04 Å². The molecule has 5 N–H and O–H groups in total. The SMILES string of the molecule is CCCC[C@H](N)C(=O)Nc1cc(C(=O)N[C@@H](Cc2c[nH]c3ccccc23)C(=O)OCc2ccccc2)ccn1. The first-order chi connectivity index (χ1) is 18.9. The summed E-state index contributed by atoms with van der Waals surface area (Å²) in [5, 5.41) is 6.44. The second-order valence-electron chi connectivity index (χ2n) is 9.35. The number of pyridine rings is 1. The van der Waals surface area contributed by atoms with Gasteiger partial charge in [-0.15, -0.1) is 0 Å². The predicted octanol–water partition coefficient (Wildman–Crippen LogP) is 4.10. The van der Waals surface area contributed by atoms with Crippen LogP contribution in [0.15, 0.2) is 79.1 Å². The number of nitrogens with two attached hydrogens (primary N) is 1. The van der Waals surface area contributed by atoms with Crippen molar-refractivity contribution in [3.8, 4) is 0 Å². The lowest BCUT2D eigenvalue weighted by molar-refractivity contribution is -0.147. The molecule has 9 heteroatoms. The Morgan fingerprint density at radius 1 is 1.05 bits per heavy atom. The number of para-hydroxylation sites is 1. The van der Waals surface area contributed by atoms with Crippen molar-refractivity contribution in [3.05, 3.63) is 95.8 Å². The van der Waals surface area contributed by atoms with E-state index < -0.39 is 24.0 Å². The van der Waals surface area contributed by atoms with Crippen LogP contribution < -0.4 is 16.4 Å². The lowest BCUT2D eigenvalue weighted by Crippen LogP contribution is -2.43. The minimum absolute atomic E-state index is 0.0870. The summed E-state index contributed by atoms with van der Waals surface area (Å²) in [4.78, 5) is 46.2. The van der Waals surface area contributed by atoms with E-state index in [1.165, 1.54) is 18.3 Å². The standard InChI is InChI=1S/C30H33N5O4/c1-2-3-12-24(31)29(37)35-27-17-21(14-15-32-27)28(36)34-26(30(38)39-19-20-9-5-4-6-10-20)16-22-18-33-25-13-8-7-11-23(22)25/h4-11,13-15,17-18,24,26,33H,2-3,12,16,19,31H2,1H3,(H,34,36)(H,32,35,37)/t24-,26-/m0/s1. The molecule has 2 amide bonds. The Morgan fingerprint density at radius 3 is 2.62 bits per heavy atom. The smallest absolute Gasteiger partial charge is 0.329 e. The third-order valence-electron chi connectivity index (χ3n) is 6.39. The van der Waals surface area contributed by atoms with E-state index >= 15 is 0 Å². The molecule has 0 spiro atoms. The van der Waals surface area contributed by atoms with Crippen LogP contribution in [0, 0.1) is 0 Å². The molecule has 2 aromatic carbocycles. The Bertz CT molecular complexity index is 1420. The third-order valence-corrected chi connectivity index (χ3v) is 6.39. The summed E-state index contributed by atoms with van der Waals surface area (Å²) in [6.45, 7) is 2.11. The molecule has 2 aromatic heterocycles. The van der Waals surface area contributed by atoms with Crippen LogP contribution in [0.4, 0.5) is 5.82 Å². The van der Waals surface area contributed by atoms with E-state index in [2.05, 4.69) is 20.6 Å². The molecule has 0 bridgehead atoms. The number of aromatic amines is 1. The van der Waals surface area contributed by atoms with Crippen LogP contribution in [0.3, 0.4) is 0 Å². The number of rotatable bonds is 12. The fraction of sp³-hybridized carbons (Fsp3) is 0.267. The number of amides is 2. The van der Waals surface area contributed by atoms with Gasteiger partial charge in [-0.05, 0) is 35.7 Å². The summed E-state index contributed by atoms with van der Waals surface area (Å²) in [5.41, 5.74) is 8.83. The van der Waals surface area contributed by atoms with Crippen molar-refractivity contribution < 1.29 is 19.1 Å². The van der Waals surface area contributed by atoms with Gasteiger partial charge in [0.1, 0.15) is 18.5 Å². The minimum atomic E-state index is -0.950. The number of unbranched alkanes of at least 4 members (excludes halogenated alkanes) is 1. The number of nitrogens with zero attached hydrogens (tertiary/aromatic N) is 1. The summed E-state index contributed by atoms with van der Waals surface area (Å²) < 4.78 is 5.58. The van der Waals surface area contributed by atoms with Crippen molar-refractivity contribution >= 4 is 34.5 Å². The second-order valence-corrected chi connectivity index (χ2v) is 9.35. The largest absolute Gasteiger partial charge is 0.459 e. The maximum Gasteiger partial charge on any atom is 0.329 e. The average Bonchev–Trinajstić information content (AvgIpc) is 3.37. The van der Waals surface area contributed by atoms with Gasteiger partial charge in [-0.25, -0.2) is 9.78 Å². The maximum atomic E-state index is 13.2. The van der Waals surface area contributed by atoms with Gasteiger partial charge in [0.2, 0.25) is 5.91 Å². The molecule has 4 aromatic rings. The van der Waals surface area contributed by atoms with E-state index in [1.807, 2.05) is 67.7 Å². The van der Waals surface area contributed by atoms with E-state index in [4.69, 9.17) is 10.5 Å². The number of hydrogen-bond acceptors (Lipinski definition) is 6. The molecular weight excluding hydrogens is 494 g/mol. The molecule has 0 saturated heterocycles. The highest BCUT2D eigenvalue weighted by Gasteiger charge is 2.25. The Labute approximate surface area is 227 Å². The predicted molar refractivity (Wildman–Crippen MR) is 150 cm³/mol. The normalized spacial score (nSPS) is 12.5. The molecule has 202 valence electrons. The molecule has 9 nitrogen and oxygen atoms in total. The van der Waals surface area contributed by atoms with E-state index in [9.17, 15) is 14.4 Å². The molecule has 0 radical (unpaired) electrons. The van der Waals surface area contributed by atoms with E-state index in [0.717, 1.165) is 34.9 Å². The fourth-order valence-electron chi connectivity index (χ4n) is 4.20. The van der Waals surface area contributed by atoms with Crippen molar-refractivity contribution in [2.75, 3.05) is 5.32 Å². The highest BCUT2D eigenvalue weighted by molar-refractivity contribution is 5.99. The highest BCUT2D eigenvalue weighted by Crippen LogP contribution is 2.20. The Kier molecular flexibility index (Phi) is 9.42. The molecule has 2 heterocycles. The van der Waals surface area contributed by atoms with Crippen molar-refractivity contribution in [3.63, 3.8) is 0 Å². The molecule has 39 heavy (non-hydrogen) atoms. The van der Waals surface area contributed by atoms with Crippen LogP contribution in [0.25, 0.3) is 10.9 Å². The van der Waals surface area contributed by atoms with Crippen molar-refractivity contribution in [2.24, 2.45) is 5.73 Å². The number of fused-ring (bicyclic) bond motifs is 1. The Morgan fingerprint density at radius 2 is 1.82 bits per heavy atom. The molecule has 0 fully saturated rings. The first-order valence-corrected chi connectivity index (χ1v) is 13.0. The number of nitrogens with one attached hydrogen (secondary N) is 3. The van der Waals surface area contributed by atoms with Gasteiger partial charge in [0.25, 0.3) is 5.91 Å². The average molecular weight is 528 g/mol. The number of hydrogen-bond donors (Lipinski definition) is 4. The number of carbonyl (C=O) groups is 3. The first-order valence-electron chi connectivity index (χ1n) is 13.0. The van der Waals surface area contributed by atoms with E-state index in [-0.39, 0.29) is 30.3 Å². The maximum absolute atomic E-state index is 13.2. The zero-order chi connectivity index (χ0) is 27.6. The summed E-state index contributed by atoms with van der Waals surface area (Å²) in [6.07, 6.45) is 5.80. The number of aromatic nitrogens is 2. The molecule has 0 aliphatic rings. The van der Waals surface area contributed by atoms with Crippen LogP contribution in [0.1, 0.15) is 47.7 Å². The van der Waals surface area contributed by atoms with Gasteiger partial charge in [0, 0.05) is 35.3 Å². The lowest BCUT2D eigenvalue weighted by Gasteiger charge is -2.18. The van der Waals surface area contributed by atoms with E-state index in [0.29, 0.717) is 6.42 Å². The molecule has 4 rings (SSSR count).